The third-order valence-electron chi connectivity index (χ3n) is 1.83. The van der Waals surface area contributed by atoms with Crippen LogP contribution in [0.1, 0.15) is 13.8 Å². The highest BCUT2D eigenvalue weighted by Gasteiger charge is 2.30. The Balaban J connectivity index is 4.05. The average Bonchev–Trinajstić information content (AvgIpc) is 2.02. The first-order valence-electron chi connectivity index (χ1n) is 4.64. The molecule has 1 atom stereocenters. The molecule has 0 aromatic carbocycles. The van der Waals surface area contributed by atoms with E-state index in [-0.39, 0.29) is 12.7 Å². The molecule has 0 aliphatic carbocycles. The van der Waals surface area contributed by atoms with Crippen LogP contribution in [0.15, 0.2) is 4.99 Å². The van der Waals surface area contributed by atoms with Gasteiger partial charge in [0.15, 0.2) is 5.96 Å². The lowest BCUT2D eigenvalue weighted by Crippen LogP contribution is -2.39. The number of rotatable bonds is 6. The third-order valence-corrected chi connectivity index (χ3v) is 4.99. The normalized spacial score (nSPS) is 15.2. The molecule has 0 aliphatic rings. The van der Waals surface area contributed by atoms with Crippen molar-refractivity contribution in [3.63, 3.8) is 0 Å². The number of aliphatic imine (C=N–C) groups is 1. The monoisotopic (exact) mass is 219 g/mol. The Bertz CT molecular complexity index is 195. The predicted octanol–water partition coefficient (Wildman–Crippen LogP) is 0.608. The molecule has 0 rings (SSSR count). The summed E-state index contributed by atoms with van der Waals surface area (Å²) in [6.45, 7) is 6.46. The fraction of sp³-hybridized carbons (Fsp3) is 0.875. The molecule has 84 valence electrons. The van der Waals surface area contributed by atoms with Crippen LogP contribution in [0.5, 0.6) is 0 Å². The van der Waals surface area contributed by atoms with Crippen LogP contribution < -0.4 is 11.5 Å². The Hall–Kier alpha value is -0.593. The molecule has 0 aromatic heterocycles. The number of nitrogens with zero attached hydrogens (tertiary/aromatic N) is 1. The fourth-order valence-electron chi connectivity index (χ4n) is 1.19. The molecule has 6 heteroatoms. The van der Waals surface area contributed by atoms with E-state index in [4.69, 9.17) is 20.3 Å². The van der Waals surface area contributed by atoms with E-state index in [9.17, 15) is 0 Å². The first-order chi connectivity index (χ1) is 6.39. The van der Waals surface area contributed by atoms with Gasteiger partial charge in [-0.05, 0) is 18.5 Å². The first kappa shape index (κ1) is 13.4. The van der Waals surface area contributed by atoms with Gasteiger partial charge in [0.2, 0.25) is 0 Å². The van der Waals surface area contributed by atoms with E-state index in [1.807, 2.05) is 6.55 Å². The summed E-state index contributed by atoms with van der Waals surface area (Å²) in [7, 11) is -0.401. The average molecular weight is 219 g/mol. The summed E-state index contributed by atoms with van der Waals surface area (Å²) >= 11 is 0. The Kier molecular flexibility index (Phi) is 5.74. The second kappa shape index (κ2) is 6.00. The quantitative estimate of drug-likeness (QED) is 0.389. The van der Waals surface area contributed by atoms with Gasteiger partial charge in [0.1, 0.15) is 6.73 Å². The largest absolute Gasteiger partial charge is 0.398 e. The van der Waals surface area contributed by atoms with Gasteiger partial charge in [0.05, 0.1) is 0 Å². The number of guanidine groups is 1. The van der Waals surface area contributed by atoms with E-state index < -0.39 is 8.56 Å². The second-order valence-electron chi connectivity index (χ2n) is 3.79. The molecule has 0 aliphatic heterocycles. The molecular weight excluding hydrogens is 198 g/mol. The zero-order valence-corrected chi connectivity index (χ0v) is 10.4. The van der Waals surface area contributed by atoms with Gasteiger partial charge in [-0.2, -0.15) is 0 Å². The molecule has 0 heterocycles. The van der Waals surface area contributed by atoms with Crippen LogP contribution in [0.25, 0.3) is 0 Å². The molecule has 5 nitrogen and oxygen atoms in total. The van der Waals surface area contributed by atoms with Gasteiger partial charge in [0.25, 0.3) is 0 Å². The minimum absolute atomic E-state index is 0.0435. The van der Waals surface area contributed by atoms with Gasteiger partial charge in [-0.15, -0.1) is 0 Å². The highest BCUT2D eigenvalue weighted by molar-refractivity contribution is 6.66. The Morgan fingerprint density at radius 2 is 2.00 bits per heavy atom. The summed E-state index contributed by atoms with van der Waals surface area (Å²) in [6, 6.07) is 0.934. The smallest absolute Gasteiger partial charge is 0.336 e. The van der Waals surface area contributed by atoms with E-state index in [1.54, 1.807) is 7.11 Å². The maximum absolute atomic E-state index is 5.57. The number of hydrogen-bond donors (Lipinski definition) is 2. The lowest BCUT2D eigenvalue weighted by molar-refractivity contribution is 0.207. The lowest BCUT2D eigenvalue weighted by Gasteiger charge is -2.25. The predicted molar refractivity (Wildman–Crippen MR) is 60.0 cm³/mol. The van der Waals surface area contributed by atoms with E-state index >= 15 is 0 Å². The van der Waals surface area contributed by atoms with Crippen LogP contribution in [0, 0.1) is 5.92 Å². The molecule has 0 saturated heterocycles. The van der Waals surface area contributed by atoms with E-state index in [2.05, 4.69) is 18.8 Å². The van der Waals surface area contributed by atoms with E-state index in [1.165, 1.54) is 0 Å². The Labute approximate surface area is 86.7 Å². The van der Waals surface area contributed by atoms with Gasteiger partial charge in [-0.1, -0.05) is 13.8 Å². The molecule has 1 unspecified atom stereocenters. The van der Waals surface area contributed by atoms with Crippen molar-refractivity contribution in [2.45, 2.75) is 26.4 Å². The molecule has 0 amide bonds. The van der Waals surface area contributed by atoms with Crippen molar-refractivity contribution < 1.29 is 8.85 Å². The molecular formula is C8H21N3O2Si. The van der Waals surface area contributed by atoms with Crippen molar-refractivity contribution >= 4 is 14.5 Å². The van der Waals surface area contributed by atoms with Crippen molar-refractivity contribution in [3.05, 3.63) is 0 Å². The van der Waals surface area contributed by atoms with Crippen molar-refractivity contribution in [3.8, 4) is 0 Å². The summed E-state index contributed by atoms with van der Waals surface area (Å²) in [5, 5.41) is 0. The third kappa shape index (κ3) is 5.95. The van der Waals surface area contributed by atoms with Gasteiger partial charge < -0.3 is 20.3 Å². The molecule has 4 N–H and O–H groups in total. The summed E-state index contributed by atoms with van der Waals surface area (Å²) in [6.07, 6.45) is 0. The molecule has 0 fully saturated rings. The zero-order valence-electron chi connectivity index (χ0n) is 9.41. The van der Waals surface area contributed by atoms with Gasteiger partial charge in [-0.3, -0.25) is 0 Å². The van der Waals surface area contributed by atoms with Crippen LogP contribution in [0.4, 0.5) is 0 Å². The second-order valence-corrected chi connectivity index (χ2v) is 7.17. The summed E-state index contributed by atoms with van der Waals surface area (Å²) in [5.41, 5.74) is 10.4. The standard InChI is InChI=1S/C8H21N3O2Si/c1-7(2)5-14(4,12-3)13-6-11-8(9)10/h7H,5-6H2,1-4H3,(H4,9,10,11). The van der Waals surface area contributed by atoms with Crippen LogP contribution in [-0.2, 0) is 8.85 Å². The van der Waals surface area contributed by atoms with E-state index in [0.717, 1.165) is 6.04 Å². The molecule has 14 heavy (non-hydrogen) atoms. The SMILES string of the molecule is CO[Si](C)(CC(C)C)OCN=C(N)N. The van der Waals surface area contributed by atoms with Crippen LogP contribution >= 0.6 is 0 Å². The maximum atomic E-state index is 5.57. The Morgan fingerprint density at radius 1 is 1.43 bits per heavy atom. The Morgan fingerprint density at radius 3 is 2.36 bits per heavy atom. The van der Waals surface area contributed by atoms with E-state index in [0.29, 0.717) is 5.92 Å². The van der Waals surface area contributed by atoms with Crippen molar-refractivity contribution in [1.82, 2.24) is 0 Å². The summed E-state index contributed by atoms with van der Waals surface area (Å²) in [4.78, 5) is 3.77. The van der Waals surface area contributed by atoms with Gasteiger partial charge in [-0.25, -0.2) is 4.99 Å². The number of nitrogens with two attached hydrogens (primary N) is 2. The molecule has 0 radical (unpaired) electrons. The molecule has 0 saturated carbocycles. The lowest BCUT2D eigenvalue weighted by atomic mass is 10.3. The van der Waals surface area contributed by atoms with Crippen molar-refractivity contribution in [2.75, 3.05) is 13.8 Å². The van der Waals surface area contributed by atoms with Crippen LogP contribution in [0.2, 0.25) is 12.6 Å². The van der Waals surface area contributed by atoms with Gasteiger partial charge >= 0.3 is 8.56 Å². The van der Waals surface area contributed by atoms with Crippen molar-refractivity contribution in [1.29, 1.82) is 0 Å². The maximum Gasteiger partial charge on any atom is 0.336 e. The van der Waals surface area contributed by atoms with Crippen LogP contribution in [0.3, 0.4) is 0 Å². The van der Waals surface area contributed by atoms with Crippen molar-refractivity contribution in [2.24, 2.45) is 22.4 Å². The molecule has 0 aromatic rings. The van der Waals surface area contributed by atoms with Gasteiger partial charge in [0, 0.05) is 7.11 Å². The fourth-order valence-corrected chi connectivity index (χ4v) is 3.41. The highest BCUT2D eigenvalue weighted by atomic mass is 28.4. The summed E-state index contributed by atoms with van der Waals surface area (Å²) < 4.78 is 11.0. The minimum atomic E-state index is -2.07. The summed E-state index contributed by atoms with van der Waals surface area (Å²) in [5.74, 6) is 0.591. The topological polar surface area (TPSA) is 82.9 Å². The first-order valence-corrected chi connectivity index (χ1v) is 7.16. The molecule has 0 spiro atoms. The zero-order chi connectivity index (χ0) is 11.2. The minimum Gasteiger partial charge on any atom is -0.398 e. The number of hydrogen-bond acceptors (Lipinski definition) is 3. The highest BCUT2D eigenvalue weighted by Crippen LogP contribution is 2.18. The molecule has 0 bridgehead atoms. The van der Waals surface area contributed by atoms with Crippen LogP contribution in [-0.4, -0.2) is 28.4 Å².